The largest absolute Gasteiger partial charge is 0.470 e. The van der Waals surface area contributed by atoms with Crippen molar-refractivity contribution in [3.05, 3.63) is 0 Å². The zero-order valence-corrected chi connectivity index (χ0v) is 9.56. The summed E-state index contributed by atoms with van der Waals surface area (Å²) in [6.07, 6.45) is -4.79. The molecule has 0 saturated heterocycles. The molecule has 0 spiro atoms. The van der Waals surface area contributed by atoms with Gasteiger partial charge in [-0.1, -0.05) is 12.2 Å². The predicted octanol–water partition coefficient (Wildman–Crippen LogP) is -1.43. The molecule has 0 unspecified atom stereocenters. The van der Waals surface area contributed by atoms with Gasteiger partial charge in [0.15, 0.2) is 0 Å². The molecular weight excluding hydrogens is 247 g/mol. The lowest BCUT2D eigenvalue weighted by atomic mass is 10.1. The Hall–Kier alpha value is 0.0800. The Labute approximate surface area is 91.6 Å². The van der Waals surface area contributed by atoms with Gasteiger partial charge in [-0.2, -0.15) is 0 Å². The summed E-state index contributed by atoms with van der Waals surface area (Å²) >= 11 is 4.61. The molecule has 7 nitrogen and oxygen atoms in total. The number of aliphatic hydroxyl groups is 3. The molecule has 0 radical (unpaired) electrons. The van der Waals surface area contributed by atoms with Gasteiger partial charge in [0.1, 0.15) is 18.3 Å². The third kappa shape index (κ3) is 5.64. The van der Waals surface area contributed by atoms with Crippen LogP contribution in [0.5, 0.6) is 0 Å². The van der Waals surface area contributed by atoms with Gasteiger partial charge < -0.3 is 25.1 Å². The number of aliphatic hydroxyl groups excluding tert-OH is 3. The zero-order chi connectivity index (χ0) is 12.2. The van der Waals surface area contributed by atoms with Gasteiger partial charge in [-0.25, -0.2) is 4.57 Å². The summed E-state index contributed by atoms with van der Waals surface area (Å²) in [4.78, 5) is 17.0. The molecule has 0 amide bonds. The molecule has 0 fully saturated rings. The van der Waals surface area contributed by atoms with Gasteiger partial charge in [-0.3, -0.25) is 4.52 Å². The normalized spacial score (nSPS) is 18.3. The van der Waals surface area contributed by atoms with E-state index < -0.39 is 32.7 Å². The molecule has 0 heterocycles. The second kappa shape index (κ2) is 5.97. The second-order valence-electron chi connectivity index (χ2n) is 2.87. The van der Waals surface area contributed by atoms with E-state index in [9.17, 15) is 9.67 Å². The van der Waals surface area contributed by atoms with Crippen molar-refractivity contribution >= 4 is 24.9 Å². The Balaban J connectivity index is 4.67. The quantitative estimate of drug-likeness (QED) is 0.290. The average Bonchev–Trinajstić information content (AvgIpc) is 2.10. The van der Waals surface area contributed by atoms with Crippen LogP contribution < -0.4 is 0 Å². The lowest BCUT2D eigenvalue weighted by Crippen LogP contribution is -2.43. The van der Waals surface area contributed by atoms with Crippen LogP contribution in [0, 0.1) is 0 Å². The third-order valence-corrected chi connectivity index (χ3v) is 2.28. The van der Waals surface area contributed by atoms with Gasteiger partial charge in [0, 0.05) is 4.86 Å². The standard InChI is InChI=1S/C6H13O7PS/c1-3(15)6(13-14(10,11)12)5(9)4(8)2-7/h4-9H,2H2,1H3,(H2,10,11,12)/t4-,5-,6+/m1/s1. The van der Waals surface area contributed by atoms with Crippen molar-refractivity contribution in [3.63, 3.8) is 0 Å². The van der Waals surface area contributed by atoms with Crippen LogP contribution in [0.2, 0.25) is 0 Å². The van der Waals surface area contributed by atoms with Crippen molar-refractivity contribution in [1.82, 2.24) is 0 Å². The maximum Gasteiger partial charge on any atom is 0.470 e. The van der Waals surface area contributed by atoms with Gasteiger partial charge in [0.25, 0.3) is 0 Å². The van der Waals surface area contributed by atoms with Crippen LogP contribution >= 0.6 is 20.0 Å². The van der Waals surface area contributed by atoms with Crippen molar-refractivity contribution < 1.29 is 34.2 Å². The smallest absolute Gasteiger partial charge is 0.394 e. The zero-order valence-electron chi connectivity index (χ0n) is 7.85. The van der Waals surface area contributed by atoms with Crippen molar-refractivity contribution in [2.24, 2.45) is 0 Å². The summed E-state index contributed by atoms with van der Waals surface area (Å²) in [5.41, 5.74) is 0. The minimum atomic E-state index is -4.82. The number of rotatable bonds is 6. The first kappa shape index (κ1) is 15.1. The highest BCUT2D eigenvalue weighted by Crippen LogP contribution is 2.38. The van der Waals surface area contributed by atoms with E-state index in [0.717, 1.165) is 0 Å². The van der Waals surface area contributed by atoms with E-state index in [0.29, 0.717) is 0 Å². The first-order valence-corrected chi connectivity index (χ1v) is 5.84. The van der Waals surface area contributed by atoms with Crippen LogP contribution in [-0.4, -0.2) is 54.9 Å². The maximum atomic E-state index is 10.5. The molecular formula is C6H13O7PS. The Kier molecular flexibility index (Phi) is 6.01. The fourth-order valence-corrected chi connectivity index (χ4v) is 1.67. The minimum absolute atomic E-state index is 0.0432. The molecule has 0 aliphatic rings. The number of phosphoric ester groups is 1. The Morgan fingerprint density at radius 3 is 2.20 bits per heavy atom. The Bertz CT molecular complexity index is 264. The number of thiocarbonyl (C=S) groups is 1. The van der Waals surface area contributed by atoms with E-state index >= 15 is 0 Å². The molecule has 5 N–H and O–H groups in total. The molecule has 3 atom stereocenters. The molecule has 0 aromatic heterocycles. The van der Waals surface area contributed by atoms with Gasteiger partial charge in [-0.05, 0) is 6.92 Å². The van der Waals surface area contributed by atoms with E-state index in [1.165, 1.54) is 6.92 Å². The molecule has 0 aromatic carbocycles. The predicted molar refractivity (Wildman–Crippen MR) is 54.3 cm³/mol. The number of hydrogen-bond donors (Lipinski definition) is 5. The molecule has 0 aliphatic heterocycles. The van der Waals surface area contributed by atoms with Crippen LogP contribution in [0.4, 0.5) is 0 Å². The summed E-state index contributed by atoms with van der Waals surface area (Å²) < 4.78 is 14.7. The monoisotopic (exact) mass is 260 g/mol. The molecule has 0 saturated carbocycles. The van der Waals surface area contributed by atoms with Gasteiger partial charge in [0.2, 0.25) is 0 Å². The lowest BCUT2D eigenvalue weighted by molar-refractivity contribution is -0.0536. The maximum absolute atomic E-state index is 10.5. The molecule has 15 heavy (non-hydrogen) atoms. The average molecular weight is 260 g/mol. The molecule has 9 heteroatoms. The SMILES string of the molecule is CC(=S)[C@H](OP(=O)(O)O)[C@H](O)[C@H](O)CO. The molecule has 90 valence electrons. The van der Waals surface area contributed by atoms with Crippen molar-refractivity contribution in [3.8, 4) is 0 Å². The van der Waals surface area contributed by atoms with E-state index in [4.69, 9.17) is 20.0 Å². The lowest BCUT2D eigenvalue weighted by Gasteiger charge is -2.25. The molecule has 0 rings (SSSR count). The van der Waals surface area contributed by atoms with Crippen LogP contribution in [-0.2, 0) is 9.09 Å². The van der Waals surface area contributed by atoms with E-state index in [2.05, 4.69) is 16.7 Å². The van der Waals surface area contributed by atoms with Crippen LogP contribution in [0.3, 0.4) is 0 Å². The van der Waals surface area contributed by atoms with Gasteiger partial charge >= 0.3 is 7.82 Å². The Morgan fingerprint density at radius 2 is 1.93 bits per heavy atom. The first-order valence-electron chi connectivity index (χ1n) is 3.90. The molecule has 0 bridgehead atoms. The summed E-state index contributed by atoms with van der Waals surface area (Å²) in [5, 5.41) is 26.9. The summed E-state index contributed by atoms with van der Waals surface area (Å²) in [6.45, 7) is 0.522. The highest BCUT2D eigenvalue weighted by molar-refractivity contribution is 7.80. The number of phosphoric acid groups is 1. The van der Waals surface area contributed by atoms with E-state index in [-0.39, 0.29) is 4.86 Å². The number of hydrogen-bond acceptors (Lipinski definition) is 6. The fourth-order valence-electron chi connectivity index (χ4n) is 0.835. The van der Waals surface area contributed by atoms with Gasteiger partial charge in [-0.15, -0.1) is 0 Å². The van der Waals surface area contributed by atoms with Crippen LogP contribution in [0.25, 0.3) is 0 Å². The first-order chi connectivity index (χ1) is 6.69. The van der Waals surface area contributed by atoms with Crippen LogP contribution in [0.15, 0.2) is 0 Å². The van der Waals surface area contributed by atoms with Crippen LogP contribution in [0.1, 0.15) is 6.92 Å². The van der Waals surface area contributed by atoms with Crippen molar-refractivity contribution in [1.29, 1.82) is 0 Å². The highest BCUT2D eigenvalue weighted by atomic mass is 32.1. The van der Waals surface area contributed by atoms with Gasteiger partial charge in [0.05, 0.1) is 6.61 Å². The summed E-state index contributed by atoms with van der Waals surface area (Å²) in [5.74, 6) is 0. The highest BCUT2D eigenvalue weighted by Gasteiger charge is 2.33. The second-order valence-corrected chi connectivity index (χ2v) is 4.70. The molecule has 0 aromatic rings. The third-order valence-electron chi connectivity index (χ3n) is 1.54. The van der Waals surface area contributed by atoms with E-state index in [1.807, 2.05) is 0 Å². The summed E-state index contributed by atoms with van der Waals surface area (Å²) in [7, 11) is -4.82. The summed E-state index contributed by atoms with van der Waals surface area (Å²) in [6, 6.07) is 0. The fraction of sp³-hybridized carbons (Fsp3) is 0.833. The minimum Gasteiger partial charge on any atom is -0.394 e. The molecule has 0 aliphatic carbocycles. The Morgan fingerprint density at radius 1 is 1.47 bits per heavy atom. The van der Waals surface area contributed by atoms with Crippen molar-refractivity contribution in [2.45, 2.75) is 25.2 Å². The topological polar surface area (TPSA) is 127 Å². The van der Waals surface area contributed by atoms with Crippen molar-refractivity contribution in [2.75, 3.05) is 6.61 Å². The van der Waals surface area contributed by atoms with E-state index in [1.54, 1.807) is 0 Å².